The van der Waals surface area contributed by atoms with E-state index in [4.69, 9.17) is 22.4 Å². The molecule has 7 heteroatoms. The molecule has 1 aliphatic heterocycles. The highest BCUT2D eigenvalue weighted by molar-refractivity contribution is 7.99. The fraction of sp³-hybridized carbons (Fsp3) is 0.0625. The second-order valence-corrected chi connectivity index (χ2v) is 6.43. The van der Waals surface area contributed by atoms with Gasteiger partial charge in [-0.25, -0.2) is 0 Å². The molecule has 5 nitrogen and oxygen atoms in total. The van der Waals surface area contributed by atoms with E-state index in [0.29, 0.717) is 16.5 Å². The van der Waals surface area contributed by atoms with Crippen LogP contribution in [0.5, 0.6) is 0 Å². The molecule has 0 atom stereocenters. The van der Waals surface area contributed by atoms with E-state index < -0.39 is 0 Å². The Bertz CT molecular complexity index is 904. The van der Waals surface area contributed by atoms with Crippen LogP contribution in [0, 0.1) is 0 Å². The molecule has 2 aromatic carbocycles. The van der Waals surface area contributed by atoms with Crippen LogP contribution < -0.4 is 5.73 Å². The maximum absolute atomic E-state index is 6.07. The number of nitrogens with zero attached hydrogens (tertiary/aromatic N) is 4. The third-order valence-corrected chi connectivity index (χ3v) is 4.70. The number of benzene rings is 2. The summed E-state index contributed by atoms with van der Waals surface area (Å²) in [7, 11) is 0. The lowest BCUT2D eigenvalue weighted by molar-refractivity contribution is 0.762. The average Bonchev–Trinajstić information content (AvgIpc) is 2.99. The fourth-order valence-electron chi connectivity index (χ4n) is 2.40. The Kier molecular flexibility index (Phi) is 3.55. The van der Waals surface area contributed by atoms with E-state index >= 15 is 0 Å². The van der Waals surface area contributed by atoms with Crippen LogP contribution in [-0.2, 0) is 0 Å². The van der Waals surface area contributed by atoms with E-state index in [-0.39, 0.29) is 0 Å². The first-order valence-corrected chi connectivity index (χ1v) is 8.35. The van der Waals surface area contributed by atoms with Crippen LogP contribution in [0.1, 0.15) is 5.56 Å². The first-order valence-electron chi connectivity index (χ1n) is 6.99. The molecule has 0 unspecified atom stereocenters. The highest BCUT2D eigenvalue weighted by atomic mass is 35.5. The van der Waals surface area contributed by atoms with Gasteiger partial charge in [-0.1, -0.05) is 53.7 Å². The lowest BCUT2D eigenvalue weighted by Gasteiger charge is -2.14. The van der Waals surface area contributed by atoms with Crippen molar-refractivity contribution in [3.63, 3.8) is 0 Å². The van der Waals surface area contributed by atoms with Crippen molar-refractivity contribution in [1.29, 1.82) is 0 Å². The lowest BCUT2D eigenvalue weighted by Crippen LogP contribution is -2.13. The lowest BCUT2D eigenvalue weighted by atomic mass is 10.1. The van der Waals surface area contributed by atoms with Crippen LogP contribution in [0.3, 0.4) is 0 Å². The monoisotopic (exact) mass is 341 g/mol. The van der Waals surface area contributed by atoms with Gasteiger partial charge >= 0.3 is 0 Å². The molecule has 1 aliphatic rings. The van der Waals surface area contributed by atoms with Crippen molar-refractivity contribution in [2.75, 3.05) is 11.5 Å². The summed E-state index contributed by atoms with van der Waals surface area (Å²) in [5, 5.41) is 14.5. The Morgan fingerprint density at radius 2 is 1.91 bits per heavy atom. The molecule has 3 aromatic rings. The Hall–Kier alpha value is -2.31. The van der Waals surface area contributed by atoms with Gasteiger partial charge in [0.1, 0.15) is 0 Å². The molecule has 1 aromatic heterocycles. The van der Waals surface area contributed by atoms with Crippen molar-refractivity contribution in [3.8, 4) is 11.4 Å². The molecule has 2 heterocycles. The van der Waals surface area contributed by atoms with Crippen molar-refractivity contribution >= 4 is 34.8 Å². The van der Waals surface area contributed by atoms with E-state index in [1.165, 1.54) is 0 Å². The number of anilines is 1. The Morgan fingerprint density at radius 1 is 1.09 bits per heavy atom. The van der Waals surface area contributed by atoms with Gasteiger partial charge in [-0.05, 0) is 23.8 Å². The number of thioether (sulfide) groups is 1. The van der Waals surface area contributed by atoms with E-state index in [9.17, 15) is 0 Å². The molecule has 4 rings (SSSR count). The predicted molar refractivity (Wildman–Crippen MR) is 94.0 cm³/mol. The van der Waals surface area contributed by atoms with Gasteiger partial charge in [-0.15, -0.1) is 10.2 Å². The quantitative estimate of drug-likeness (QED) is 0.724. The molecule has 0 amide bonds. The summed E-state index contributed by atoms with van der Waals surface area (Å²) in [5.74, 6) is 1.38. The average molecular weight is 342 g/mol. The number of hydrogen-bond donors (Lipinski definition) is 1. The van der Waals surface area contributed by atoms with Crippen LogP contribution >= 0.6 is 23.4 Å². The van der Waals surface area contributed by atoms with Crippen molar-refractivity contribution in [1.82, 2.24) is 14.9 Å². The second kappa shape index (κ2) is 5.72. The normalized spacial score (nSPS) is 13.5. The van der Waals surface area contributed by atoms with Gasteiger partial charge in [0.15, 0.2) is 5.82 Å². The summed E-state index contributed by atoms with van der Waals surface area (Å²) >= 11 is 7.58. The minimum atomic E-state index is 0.555. The summed E-state index contributed by atoms with van der Waals surface area (Å²) in [5.41, 5.74) is 9.47. The summed E-state index contributed by atoms with van der Waals surface area (Å²) in [6.07, 6.45) is 0. The number of nitrogen functional groups attached to an aromatic ring is 1. The summed E-state index contributed by atoms with van der Waals surface area (Å²) in [6, 6.07) is 15.4. The minimum Gasteiger partial charge on any atom is -0.398 e. The molecule has 0 fully saturated rings. The van der Waals surface area contributed by atoms with Crippen LogP contribution in [-0.4, -0.2) is 26.3 Å². The molecule has 2 N–H and O–H groups in total. The van der Waals surface area contributed by atoms with Gasteiger partial charge in [0, 0.05) is 22.0 Å². The van der Waals surface area contributed by atoms with Gasteiger partial charge in [0.05, 0.1) is 5.71 Å². The maximum atomic E-state index is 6.07. The molecule has 0 saturated heterocycles. The molecule has 0 spiro atoms. The van der Waals surface area contributed by atoms with Crippen molar-refractivity contribution in [3.05, 3.63) is 59.1 Å². The van der Waals surface area contributed by atoms with Gasteiger partial charge in [0.2, 0.25) is 5.16 Å². The highest BCUT2D eigenvalue weighted by Crippen LogP contribution is 2.32. The smallest absolute Gasteiger partial charge is 0.212 e. The highest BCUT2D eigenvalue weighted by Gasteiger charge is 2.21. The third kappa shape index (κ3) is 2.60. The zero-order valence-electron chi connectivity index (χ0n) is 12.0. The maximum Gasteiger partial charge on any atom is 0.212 e. The molecule has 0 aliphatic carbocycles. The zero-order chi connectivity index (χ0) is 15.8. The van der Waals surface area contributed by atoms with Crippen molar-refractivity contribution in [2.24, 2.45) is 5.10 Å². The van der Waals surface area contributed by atoms with E-state index in [2.05, 4.69) is 10.2 Å². The molecule has 23 heavy (non-hydrogen) atoms. The molecular weight excluding hydrogens is 330 g/mol. The Balaban J connectivity index is 1.83. The molecule has 114 valence electrons. The number of hydrogen-bond acceptors (Lipinski definition) is 5. The zero-order valence-corrected chi connectivity index (χ0v) is 13.6. The summed E-state index contributed by atoms with van der Waals surface area (Å²) in [6.45, 7) is 0. The number of aromatic nitrogens is 3. The molecule has 0 radical (unpaired) electrons. The van der Waals surface area contributed by atoms with Gasteiger partial charge in [-0.3, -0.25) is 0 Å². The standard InChI is InChI=1S/C16H12ClN5S/c17-11-6-7-12(13(18)8-11)15-19-20-16-22(15)21-14(9-23-16)10-4-2-1-3-5-10/h1-8H,9,18H2. The minimum absolute atomic E-state index is 0.555. The number of fused-ring (bicyclic) bond motifs is 1. The van der Waals surface area contributed by atoms with Gasteiger partial charge in [0.25, 0.3) is 0 Å². The summed E-state index contributed by atoms with van der Waals surface area (Å²) in [4.78, 5) is 0. The number of halogens is 1. The first kappa shape index (κ1) is 14.3. The third-order valence-electron chi connectivity index (χ3n) is 3.53. The molecule has 0 saturated carbocycles. The first-order chi connectivity index (χ1) is 11.2. The van der Waals surface area contributed by atoms with Crippen molar-refractivity contribution < 1.29 is 0 Å². The largest absolute Gasteiger partial charge is 0.398 e. The van der Waals surface area contributed by atoms with Gasteiger partial charge < -0.3 is 5.73 Å². The molecular formula is C16H12ClN5S. The second-order valence-electron chi connectivity index (χ2n) is 5.05. The van der Waals surface area contributed by atoms with E-state index in [0.717, 1.165) is 27.7 Å². The van der Waals surface area contributed by atoms with Crippen LogP contribution in [0.2, 0.25) is 5.02 Å². The SMILES string of the molecule is Nc1cc(Cl)ccc1-c1nnc2n1N=C(c1ccccc1)CS2. The number of rotatable bonds is 2. The predicted octanol–water partition coefficient (Wildman–Crippen LogP) is 3.54. The van der Waals surface area contributed by atoms with Crippen LogP contribution in [0.4, 0.5) is 5.69 Å². The fourth-order valence-corrected chi connectivity index (χ4v) is 3.42. The number of nitrogens with two attached hydrogens (primary N) is 1. The Morgan fingerprint density at radius 3 is 2.70 bits per heavy atom. The Labute approximate surface area is 142 Å². The molecule has 0 bridgehead atoms. The van der Waals surface area contributed by atoms with E-state index in [1.54, 1.807) is 28.6 Å². The van der Waals surface area contributed by atoms with E-state index in [1.807, 2.05) is 36.4 Å². The summed E-state index contributed by atoms with van der Waals surface area (Å²) < 4.78 is 1.75. The van der Waals surface area contributed by atoms with Crippen LogP contribution in [0.15, 0.2) is 58.8 Å². The van der Waals surface area contributed by atoms with Crippen LogP contribution in [0.25, 0.3) is 11.4 Å². The topological polar surface area (TPSA) is 69.1 Å². The van der Waals surface area contributed by atoms with Gasteiger partial charge in [-0.2, -0.15) is 9.78 Å². The van der Waals surface area contributed by atoms with Crippen molar-refractivity contribution in [2.45, 2.75) is 5.16 Å².